The summed E-state index contributed by atoms with van der Waals surface area (Å²) in [6.07, 6.45) is 4.64. The third-order valence-corrected chi connectivity index (χ3v) is 6.25. The number of nitrogen functional groups attached to an aromatic ring is 1. The summed E-state index contributed by atoms with van der Waals surface area (Å²) >= 11 is 0. The zero-order chi connectivity index (χ0) is 24.1. The number of hydrogen-bond acceptors (Lipinski definition) is 7. The van der Waals surface area contributed by atoms with Crippen molar-refractivity contribution >= 4 is 21.6 Å². The molecule has 0 spiro atoms. The van der Waals surface area contributed by atoms with Crippen LogP contribution in [-0.2, 0) is 10.0 Å². The van der Waals surface area contributed by atoms with E-state index in [1.807, 2.05) is 13.8 Å². The molecule has 32 heavy (non-hydrogen) atoms. The Morgan fingerprint density at radius 3 is 2.56 bits per heavy atom. The number of aliphatic hydroxyl groups is 1. The Balaban J connectivity index is 2.47. The van der Waals surface area contributed by atoms with E-state index in [1.54, 1.807) is 19.2 Å². The fourth-order valence-electron chi connectivity index (χ4n) is 3.03. The molecule has 1 aromatic carbocycles. The largest absolute Gasteiger partial charge is 0.391 e. The number of aryl methyl sites for hydroxylation is 1. The first-order valence-electron chi connectivity index (χ1n) is 10.4. The normalized spacial score (nSPS) is 12.6. The highest BCUT2D eigenvalue weighted by Gasteiger charge is 2.21. The number of nitrogens with zero attached hydrogens (tertiary/aromatic N) is 1. The predicted octanol–water partition coefficient (Wildman–Crippen LogP) is 2.77. The maximum Gasteiger partial charge on any atom is 0.240 e. The van der Waals surface area contributed by atoms with E-state index < -0.39 is 15.6 Å². The highest BCUT2D eigenvalue weighted by Crippen LogP contribution is 2.28. The molecule has 0 atom stereocenters. The first kappa shape index (κ1) is 25.5. The van der Waals surface area contributed by atoms with Crippen LogP contribution in [0.3, 0.4) is 0 Å². The van der Waals surface area contributed by atoms with Crippen LogP contribution < -0.4 is 15.8 Å². The van der Waals surface area contributed by atoms with Crippen LogP contribution in [0.2, 0.25) is 0 Å². The SMILES string of the molecule is CCCC(=CC(=O)c1cc(-c2cc(S(=O)(=O)NCC(C)(C)O)ccc2C)cnc1N)NC. The monoisotopic (exact) mass is 460 g/mol. The molecular weight excluding hydrogens is 428 g/mol. The number of hydrogen-bond donors (Lipinski definition) is 4. The quantitative estimate of drug-likeness (QED) is 0.316. The fourth-order valence-corrected chi connectivity index (χ4v) is 4.26. The molecule has 0 aliphatic carbocycles. The molecule has 2 rings (SSSR count). The van der Waals surface area contributed by atoms with Crippen molar-refractivity contribution in [3.63, 3.8) is 0 Å². The highest BCUT2D eigenvalue weighted by molar-refractivity contribution is 7.89. The maximum atomic E-state index is 12.8. The Hall–Kier alpha value is -2.75. The van der Waals surface area contributed by atoms with Crippen LogP contribution in [0.25, 0.3) is 11.1 Å². The number of aromatic nitrogens is 1. The molecule has 1 heterocycles. The number of rotatable bonds is 10. The second-order valence-corrected chi connectivity index (χ2v) is 10.1. The topological polar surface area (TPSA) is 134 Å². The van der Waals surface area contributed by atoms with E-state index in [0.717, 1.165) is 24.1 Å². The van der Waals surface area contributed by atoms with Gasteiger partial charge in [0.2, 0.25) is 10.0 Å². The standard InChI is InChI=1S/C23H32N4O4S/c1-6-7-17(25-5)11-21(28)20-10-16(13-26-22(20)24)19-12-18(9-8-15(19)2)32(30,31)27-14-23(3,4)29/h8-13,25,27,29H,6-7,14H2,1-5H3,(H2,24,26). The van der Waals surface area contributed by atoms with Crippen LogP contribution in [0.5, 0.6) is 0 Å². The van der Waals surface area contributed by atoms with Gasteiger partial charge in [-0.3, -0.25) is 4.79 Å². The van der Waals surface area contributed by atoms with E-state index in [0.29, 0.717) is 11.1 Å². The summed E-state index contributed by atoms with van der Waals surface area (Å²) in [6.45, 7) is 6.77. The molecule has 0 bridgehead atoms. The van der Waals surface area contributed by atoms with E-state index in [1.165, 1.54) is 38.3 Å². The Bertz CT molecular complexity index is 1120. The summed E-state index contributed by atoms with van der Waals surface area (Å²) in [5.41, 5.74) is 7.83. The summed E-state index contributed by atoms with van der Waals surface area (Å²) in [7, 11) is -2.08. The van der Waals surface area contributed by atoms with Gasteiger partial charge in [-0.1, -0.05) is 19.4 Å². The number of ketones is 1. The number of carbonyl (C=O) groups is 1. The van der Waals surface area contributed by atoms with Gasteiger partial charge in [-0.15, -0.1) is 0 Å². The number of anilines is 1. The van der Waals surface area contributed by atoms with Gasteiger partial charge in [0, 0.05) is 37.1 Å². The van der Waals surface area contributed by atoms with Gasteiger partial charge in [-0.05, 0) is 56.5 Å². The average Bonchev–Trinajstić information content (AvgIpc) is 2.72. The Kier molecular flexibility index (Phi) is 8.17. The van der Waals surface area contributed by atoms with Gasteiger partial charge in [0.15, 0.2) is 5.78 Å². The lowest BCUT2D eigenvalue weighted by atomic mass is 9.99. The van der Waals surface area contributed by atoms with E-state index in [-0.39, 0.29) is 28.6 Å². The lowest BCUT2D eigenvalue weighted by Gasteiger charge is -2.18. The molecule has 0 aliphatic heterocycles. The minimum Gasteiger partial charge on any atom is -0.391 e. The van der Waals surface area contributed by atoms with E-state index in [4.69, 9.17) is 5.73 Å². The first-order valence-corrected chi connectivity index (χ1v) is 11.9. The van der Waals surface area contributed by atoms with E-state index in [2.05, 4.69) is 15.0 Å². The number of nitrogens with one attached hydrogen (secondary N) is 2. The van der Waals surface area contributed by atoms with Crippen molar-refractivity contribution in [2.24, 2.45) is 0 Å². The molecule has 1 aromatic heterocycles. The van der Waals surface area contributed by atoms with Gasteiger partial charge in [0.05, 0.1) is 16.1 Å². The highest BCUT2D eigenvalue weighted by atomic mass is 32.2. The van der Waals surface area contributed by atoms with Crippen LogP contribution in [0.1, 0.15) is 49.5 Å². The van der Waals surface area contributed by atoms with Gasteiger partial charge < -0.3 is 16.2 Å². The number of carbonyl (C=O) groups excluding carboxylic acids is 1. The van der Waals surface area contributed by atoms with E-state index >= 15 is 0 Å². The lowest BCUT2D eigenvalue weighted by molar-refractivity contribution is 0.0857. The minimum atomic E-state index is -3.84. The first-order chi connectivity index (χ1) is 14.9. The molecule has 0 saturated heterocycles. The van der Waals surface area contributed by atoms with Crippen LogP contribution in [0.4, 0.5) is 5.82 Å². The summed E-state index contributed by atoms with van der Waals surface area (Å²) in [5, 5.41) is 12.9. The van der Waals surface area contributed by atoms with Crippen molar-refractivity contribution in [2.45, 2.75) is 51.0 Å². The average molecular weight is 461 g/mol. The van der Waals surface area contributed by atoms with Crippen molar-refractivity contribution in [2.75, 3.05) is 19.3 Å². The summed E-state index contributed by atoms with van der Waals surface area (Å²) < 4.78 is 27.8. The van der Waals surface area contributed by atoms with Crippen LogP contribution in [0, 0.1) is 6.92 Å². The van der Waals surface area contributed by atoms with Gasteiger partial charge in [-0.25, -0.2) is 18.1 Å². The zero-order valence-electron chi connectivity index (χ0n) is 19.2. The molecule has 0 fully saturated rings. The van der Waals surface area contributed by atoms with Crippen molar-refractivity contribution < 1.29 is 18.3 Å². The third kappa shape index (κ3) is 6.62. The molecule has 0 saturated carbocycles. The van der Waals surface area contributed by atoms with Gasteiger partial charge >= 0.3 is 0 Å². The molecule has 0 radical (unpaired) electrons. The molecule has 0 aliphatic rings. The molecular formula is C23H32N4O4S. The zero-order valence-corrected chi connectivity index (χ0v) is 20.0. The number of nitrogens with two attached hydrogens (primary N) is 1. The van der Waals surface area contributed by atoms with Crippen molar-refractivity contribution in [1.82, 2.24) is 15.0 Å². The Labute approximate surface area is 190 Å². The maximum absolute atomic E-state index is 12.8. The molecule has 174 valence electrons. The molecule has 5 N–H and O–H groups in total. The minimum absolute atomic E-state index is 0.0485. The fraction of sp³-hybridized carbons (Fsp3) is 0.391. The number of allylic oxidation sites excluding steroid dienone is 2. The third-order valence-electron chi connectivity index (χ3n) is 4.85. The van der Waals surface area contributed by atoms with Crippen LogP contribution in [-0.4, -0.2) is 43.5 Å². The van der Waals surface area contributed by atoms with Crippen molar-refractivity contribution in [3.8, 4) is 11.1 Å². The molecule has 0 amide bonds. The lowest BCUT2D eigenvalue weighted by Crippen LogP contribution is -2.38. The Morgan fingerprint density at radius 2 is 1.97 bits per heavy atom. The number of benzene rings is 1. The molecule has 0 unspecified atom stereocenters. The van der Waals surface area contributed by atoms with Gasteiger partial charge in [0.1, 0.15) is 5.82 Å². The Morgan fingerprint density at radius 1 is 1.28 bits per heavy atom. The van der Waals surface area contributed by atoms with Crippen molar-refractivity contribution in [1.29, 1.82) is 0 Å². The molecule has 8 nitrogen and oxygen atoms in total. The second-order valence-electron chi connectivity index (χ2n) is 8.30. The summed E-state index contributed by atoms with van der Waals surface area (Å²) in [6, 6.07) is 6.33. The van der Waals surface area contributed by atoms with Crippen LogP contribution >= 0.6 is 0 Å². The van der Waals surface area contributed by atoms with Crippen LogP contribution in [0.15, 0.2) is 47.1 Å². The summed E-state index contributed by atoms with van der Waals surface area (Å²) in [4.78, 5) is 17.0. The smallest absolute Gasteiger partial charge is 0.240 e. The summed E-state index contributed by atoms with van der Waals surface area (Å²) in [5.74, 6) is -0.168. The van der Waals surface area contributed by atoms with E-state index in [9.17, 15) is 18.3 Å². The second kappa shape index (κ2) is 10.2. The predicted molar refractivity (Wildman–Crippen MR) is 127 cm³/mol. The van der Waals surface area contributed by atoms with Gasteiger partial charge in [0.25, 0.3) is 0 Å². The van der Waals surface area contributed by atoms with Gasteiger partial charge in [-0.2, -0.15) is 0 Å². The molecule has 2 aromatic rings. The number of pyridine rings is 1. The number of sulfonamides is 1. The van der Waals surface area contributed by atoms with Crippen molar-refractivity contribution in [3.05, 3.63) is 53.4 Å². The molecule has 9 heteroatoms.